The van der Waals surface area contributed by atoms with Crippen LogP contribution in [0.5, 0.6) is 0 Å². The predicted molar refractivity (Wildman–Crippen MR) is 74.5 cm³/mol. The summed E-state index contributed by atoms with van der Waals surface area (Å²) >= 11 is 0. The molecule has 0 heterocycles. The number of allylic oxidation sites excluding steroid dienone is 4. The zero-order valence-electron chi connectivity index (χ0n) is 11.7. The Balaban J connectivity index is 1.81. The molecule has 2 aliphatic rings. The van der Waals surface area contributed by atoms with E-state index in [9.17, 15) is 4.79 Å². The van der Waals surface area contributed by atoms with Crippen LogP contribution in [0.15, 0.2) is 23.8 Å². The zero-order valence-corrected chi connectivity index (χ0v) is 11.7. The molecule has 1 fully saturated rings. The molecule has 0 aromatic carbocycles. The second-order valence-electron chi connectivity index (χ2n) is 5.55. The maximum Gasteiger partial charge on any atom is 0.308 e. The maximum absolute atomic E-state index is 11.6. The van der Waals surface area contributed by atoms with E-state index in [1.165, 1.54) is 5.57 Å². The Labute approximate surface area is 115 Å². The Bertz CT molecular complexity index is 364. The molecule has 2 rings (SSSR count). The van der Waals surface area contributed by atoms with E-state index < -0.39 is 0 Å². The maximum atomic E-state index is 11.6. The lowest BCUT2D eigenvalue weighted by Gasteiger charge is -2.35. The van der Waals surface area contributed by atoms with Crippen LogP contribution in [0.3, 0.4) is 0 Å². The van der Waals surface area contributed by atoms with Crippen LogP contribution >= 0.6 is 0 Å². The molecular formula is C16H24O3. The molecular weight excluding hydrogens is 240 g/mol. The monoisotopic (exact) mass is 264 g/mol. The molecule has 2 aliphatic carbocycles. The van der Waals surface area contributed by atoms with Crippen molar-refractivity contribution in [2.75, 3.05) is 13.2 Å². The highest BCUT2D eigenvalue weighted by Gasteiger charge is 2.37. The number of hydrogen-bond donors (Lipinski definition) is 1. The van der Waals surface area contributed by atoms with Gasteiger partial charge in [0, 0.05) is 6.61 Å². The number of rotatable bonds is 6. The fourth-order valence-electron chi connectivity index (χ4n) is 2.94. The minimum atomic E-state index is -0.0315. The molecule has 0 aliphatic heterocycles. The lowest BCUT2D eigenvalue weighted by atomic mass is 9.69. The molecule has 1 unspecified atom stereocenters. The molecule has 19 heavy (non-hydrogen) atoms. The molecule has 1 atom stereocenters. The normalized spacial score (nSPS) is 29.6. The van der Waals surface area contributed by atoms with Crippen LogP contribution in [-0.2, 0) is 9.53 Å². The fourth-order valence-corrected chi connectivity index (χ4v) is 2.94. The van der Waals surface area contributed by atoms with Crippen LogP contribution in [0.4, 0.5) is 0 Å². The van der Waals surface area contributed by atoms with Gasteiger partial charge >= 0.3 is 5.97 Å². The zero-order chi connectivity index (χ0) is 13.7. The van der Waals surface area contributed by atoms with E-state index in [4.69, 9.17) is 9.84 Å². The van der Waals surface area contributed by atoms with E-state index in [1.807, 2.05) is 6.92 Å². The number of ether oxygens (including phenoxy) is 1. The first kappa shape index (κ1) is 14.3. The smallest absolute Gasteiger partial charge is 0.308 e. The fraction of sp³-hybridized carbons (Fsp3) is 0.688. The number of aliphatic hydroxyl groups is 1. The number of hydrogen-bond acceptors (Lipinski definition) is 3. The van der Waals surface area contributed by atoms with Crippen molar-refractivity contribution >= 4 is 5.97 Å². The summed E-state index contributed by atoms with van der Waals surface area (Å²) in [6.45, 7) is 2.61. The number of carbonyl (C=O) groups excluding carboxylic acids is 1. The number of aliphatic hydroxyl groups excluding tert-OH is 1. The number of carbonyl (C=O) groups is 1. The summed E-state index contributed by atoms with van der Waals surface area (Å²) in [5.74, 6) is 1.17. The largest absolute Gasteiger partial charge is 0.466 e. The van der Waals surface area contributed by atoms with Crippen molar-refractivity contribution in [2.45, 2.75) is 39.0 Å². The van der Waals surface area contributed by atoms with E-state index in [0.717, 1.165) is 32.1 Å². The van der Waals surface area contributed by atoms with Gasteiger partial charge in [-0.3, -0.25) is 4.79 Å². The summed E-state index contributed by atoms with van der Waals surface area (Å²) in [4.78, 5) is 11.6. The van der Waals surface area contributed by atoms with Gasteiger partial charge in [0.15, 0.2) is 0 Å². The Morgan fingerprint density at radius 3 is 2.95 bits per heavy atom. The summed E-state index contributed by atoms with van der Waals surface area (Å²) in [6.07, 6.45) is 11.7. The van der Waals surface area contributed by atoms with Gasteiger partial charge in [-0.15, -0.1) is 0 Å². The Morgan fingerprint density at radius 1 is 1.47 bits per heavy atom. The lowest BCUT2D eigenvalue weighted by Crippen LogP contribution is -2.33. The molecule has 0 radical (unpaired) electrons. The van der Waals surface area contributed by atoms with Crippen molar-refractivity contribution in [1.29, 1.82) is 0 Å². The molecule has 0 aromatic heterocycles. The average molecular weight is 264 g/mol. The minimum absolute atomic E-state index is 0.0315. The van der Waals surface area contributed by atoms with E-state index in [0.29, 0.717) is 18.4 Å². The molecule has 0 spiro atoms. The Morgan fingerprint density at radius 2 is 2.26 bits per heavy atom. The van der Waals surface area contributed by atoms with Crippen LogP contribution in [0.1, 0.15) is 39.0 Å². The highest BCUT2D eigenvalue weighted by Crippen LogP contribution is 2.41. The van der Waals surface area contributed by atoms with Crippen LogP contribution < -0.4 is 0 Å². The Kier molecular flexibility index (Phi) is 5.20. The van der Waals surface area contributed by atoms with E-state index in [2.05, 4.69) is 18.2 Å². The molecule has 106 valence electrons. The second kappa shape index (κ2) is 6.90. The summed E-state index contributed by atoms with van der Waals surface area (Å²) in [7, 11) is 0. The number of esters is 1. The van der Waals surface area contributed by atoms with Crippen molar-refractivity contribution in [3.63, 3.8) is 0 Å². The summed E-state index contributed by atoms with van der Waals surface area (Å²) < 4.78 is 5.05. The highest BCUT2D eigenvalue weighted by molar-refractivity contribution is 5.73. The van der Waals surface area contributed by atoms with Gasteiger partial charge in [0.2, 0.25) is 0 Å². The third kappa shape index (κ3) is 3.69. The summed E-state index contributed by atoms with van der Waals surface area (Å²) in [6, 6.07) is 0. The van der Waals surface area contributed by atoms with Crippen LogP contribution in [-0.4, -0.2) is 24.3 Å². The van der Waals surface area contributed by atoms with E-state index >= 15 is 0 Å². The van der Waals surface area contributed by atoms with Gasteiger partial charge in [0.1, 0.15) is 0 Å². The van der Waals surface area contributed by atoms with Gasteiger partial charge in [-0.25, -0.2) is 0 Å². The first-order chi connectivity index (χ1) is 9.24. The van der Waals surface area contributed by atoms with E-state index in [-0.39, 0.29) is 18.5 Å². The summed E-state index contributed by atoms with van der Waals surface area (Å²) in [5.41, 5.74) is 1.38. The van der Waals surface area contributed by atoms with Gasteiger partial charge in [-0.1, -0.05) is 18.2 Å². The minimum Gasteiger partial charge on any atom is -0.466 e. The van der Waals surface area contributed by atoms with Gasteiger partial charge in [0.05, 0.1) is 12.5 Å². The van der Waals surface area contributed by atoms with Gasteiger partial charge in [-0.2, -0.15) is 0 Å². The van der Waals surface area contributed by atoms with Crippen molar-refractivity contribution in [1.82, 2.24) is 0 Å². The van der Waals surface area contributed by atoms with Gasteiger partial charge in [0.25, 0.3) is 0 Å². The third-order valence-electron chi connectivity index (χ3n) is 4.14. The SMILES string of the molecule is CCOC(=O)C1CC(C2=CC(CCCO)CC=C2)C1. The van der Waals surface area contributed by atoms with Crippen molar-refractivity contribution < 1.29 is 14.6 Å². The second-order valence-corrected chi connectivity index (χ2v) is 5.55. The molecule has 1 N–H and O–H groups in total. The lowest BCUT2D eigenvalue weighted by molar-refractivity contribution is -0.152. The molecule has 0 saturated heterocycles. The van der Waals surface area contributed by atoms with Gasteiger partial charge in [-0.05, 0) is 56.4 Å². The van der Waals surface area contributed by atoms with E-state index in [1.54, 1.807) is 0 Å². The standard InChI is InChI=1S/C16H24O3/c1-2-19-16(18)15-10-14(11-15)13-7-3-5-12(9-13)6-4-8-17/h3,7,9,12,14-15,17H,2,4-6,8,10-11H2,1H3. The molecule has 0 amide bonds. The predicted octanol–water partition coefficient (Wildman–Crippen LogP) is 2.85. The van der Waals surface area contributed by atoms with Crippen molar-refractivity contribution in [3.8, 4) is 0 Å². The topological polar surface area (TPSA) is 46.5 Å². The first-order valence-corrected chi connectivity index (χ1v) is 7.40. The molecule has 0 bridgehead atoms. The van der Waals surface area contributed by atoms with Crippen LogP contribution in [0.2, 0.25) is 0 Å². The third-order valence-corrected chi connectivity index (χ3v) is 4.14. The Hall–Kier alpha value is -1.09. The van der Waals surface area contributed by atoms with Crippen molar-refractivity contribution in [2.24, 2.45) is 17.8 Å². The first-order valence-electron chi connectivity index (χ1n) is 7.40. The quantitative estimate of drug-likeness (QED) is 0.750. The molecule has 3 heteroatoms. The molecule has 1 saturated carbocycles. The average Bonchev–Trinajstić information content (AvgIpc) is 2.35. The molecule has 0 aromatic rings. The van der Waals surface area contributed by atoms with Gasteiger partial charge < -0.3 is 9.84 Å². The van der Waals surface area contributed by atoms with Crippen molar-refractivity contribution in [3.05, 3.63) is 23.8 Å². The molecule has 3 nitrogen and oxygen atoms in total. The van der Waals surface area contributed by atoms with Crippen LogP contribution in [0, 0.1) is 17.8 Å². The van der Waals surface area contributed by atoms with Crippen LogP contribution in [0.25, 0.3) is 0 Å². The highest BCUT2D eigenvalue weighted by atomic mass is 16.5. The summed E-state index contributed by atoms with van der Waals surface area (Å²) in [5, 5.41) is 8.89.